The largest absolute Gasteiger partial charge is 0.495 e. The van der Waals surface area contributed by atoms with Crippen molar-refractivity contribution in [1.82, 2.24) is 14.0 Å². The molecule has 37 heavy (non-hydrogen) atoms. The van der Waals surface area contributed by atoms with Crippen LogP contribution in [0, 0.1) is 5.82 Å². The number of carbonyl (C=O) groups is 2. The van der Waals surface area contributed by atoms with Crippen LogP contribution in [0.3, 0.4) is 0 Å². The van der Waals surface area contributed by atoms with Gasteiger partial charge in [-0.15, -0.1) is 0 Å². The lowest BCUT2D eigenvalue weighted by atomic mass is 10.2. The molecule has 3 heterocycles. The Labute approximate surface area is 214 Å². The highest BCUT2D eigenvalue weighted by molar-refractivity contribution is 5.96. The van der Waals surface area contributed by atoms with Gasteiger partial charge in [0.2, 0.25) is 5.91 Å². The number of benzene rings is 2. The van der Waals surface area contributed by atoms with Gasteiger partial charge in [-0.1, -0.05) is 12.1 Å². The van der Waals surface area contributed by atoms with Gasteiger partial charge in [-0.25, -0.2) is 9.18 Å². The number of fused-ring (bicyclic) bond motifs is 1. The van der Waals surface area contributed by atoms with Crippen molar-refractivity contribution in [1.29, 1.82) is 0 Å². The van der Waals surface area contributed by atoms with Crippen LogP contribution < -0.4 is 9.64 Å². The van der Waals surface area contributed by atoms with Crippen LogP contribution in [0.25, 0.3) is 16.7 Å². The fraction of sp³-hybridized carbons (Fsp3) is 0.286. The molecule has 9 heteroatoms. The number of ether oxygens (including phenoxy) is 2. The molecule has 1 amide bonds. The zero-order valence-electron chi connectivity index (χ0n) is 20.9. The van der Waals surface area contributed by atoms with Crippen molar-refractivity contribution in [3.05, 3.63) is 78.4 Å². The molecule has 1 saturated heterocycles. The molecule has 1 aliphatic rings. The third-order valence-corrected chi connectivity index (χ3v) is 6.70. The van der Waals surface area contributed by atoms with E-state index < -0.39 is 5.97 Å². The summed E-state index contributed by atoms with van der Waals surface area (Å²) < 4.78 is 27.8. The minimum absolute atomic E-state index is 0.0136. The Bertz CT molecular complexity index is 1420. The summed E-state index contributed by atoms with van der Waals surface area (Å²) in [4.78, 5) is 30.2. The van der Waals surface area contributed by atoms with E-state index in [9.17, 15) is 14.0 Å². The summed E-state index contributed by atoms with van der Waals surface area (Å²) in [5, 5.41) is 0. The lowest BCUT2D eigenvalue weighted by molar-refractivity contribution is -0.132. The molecular formula is C28H29FN4O4. The van der Waals surface area contributed by atoms with Gasteiger partial charge in [-0.3, -0.25) is 4.79 Å². The average Bonchev–Trinajstić information content (AvgIpc) is 3.49. The van der Waals surface area contributed by atoms with E-state index in [1.807, 2.05) is 46.0 Å². The van der Waals surface area contributed by atoms with Crippen molar-refractivity contribution in [2.45, 2.75) is 13.5 Å². The summed E-state index contributed by atoms with van der Waals surface area (Å²) in [6.45, 7) is 4.47. The molecule has 192 valence electrons. The van der Waals surface area contributed by atoms with Gasteiger partial charge in [0.1, 0.15) is 23.8 Å². The van der Waals surface area contributed by atoms with Gasteiger partial charge >= 0.3 is 5.97 Å². The molecule has 0 unspecified atom stereocenters. The first-order valence-corrected chi connectivity index (χ1v) is 12.3. The number of esters is 1. The molecule has 5 rings (SSSR count). The van der Waals surface area contributed by atoms with Gasteiger partial charge in [0.15, 0.2) is 0 Å². The number of hydrogen-bond donors (Lipinski definition) is 0. The van der Waals surface area contributed by atoms with E-state index >= 15 is 0 Å². The van der Waals surface area contributed by atoms with Crippen molar-refractivity contribution < 1.29 is 23.5 Å². The smallest absolute Gasteiger partial charge is 0.355 e. The van der Waals surface area contributed by atoms with E-state index in [1.54, 1.807) is 36.8 Å². The van der Waals surface area contributed by atoms with Crippen molar-refractivity contribution >= 4 is 28.6 Å². The van der Waals surface area contributed by atoms with Crippen LogP contribution in [0.5, 0.6) is 5.75 Å². The number of nitrogens with zero attached hydrogens (tertiary/aromatic N) is 4. The number of anilines is 1. The van der Waals surface area contributed by atoms with E-state index in [0.29, 0.717) is 31.9 Å². The number of hydrogen-bond acceptors (Lipinski definition) is 5. The Morgan fingerprint density at radius 3 is 2.38 bits per heavy atom. The first kappa shape index (κ1) is 24.4. The SMILES string of the molecule is CCOC(=O)c1cc2c(ccn2-c2ccc(F)cc2)n1CC(=O)N1CCN(c2ccccc2OC)CC1. The Morgan fingerprint density at radius 2 is 1.68 bits per heavy atom. The van der Waals surface area contributed by atoms with Crippen LogP contribution in [0.15, 0.2) is 66.9 Å². The molecule has 0 aliphatic carbocycles. The fourth-order valence-corrected chi connectivity index (χ4v) is 4.84. The lowest BCUT2D eigenvalue weighted by Crippen LogP contribution is -2.49. The number of aromatic nitrogens is 2. The molecule has 8 nitrogen and oxygen atoms in total. The second-order valence-electron chi connectivity index (χ2n) is 8.81. The molecule has 0 bridgehead atoms. The first-order valence-electron chi connectivity index (χ1n) is 12.3. The van der Waals surface area contributed by atoms with E-state index in [4.69, 9.17) is 9.47 Å². The molecule has 0 saturated carbocycles. The lowest BCUT2D eigenvalue weighted by Gasteiger charge is -2.36. The zero-order valence-corrected chi connectivity index (χ0v) is 20.9. The Morgan fingerprint density at radius 1 is 0.946 bits per heavy atom. The van der Waals surface area contributed by atoms with Crippen molar-refractivity contribution in [2.75, 3.05) is 44.8 Å². The molecule has 1 aliphatic heterocycles. The second kappa shape index (κ2) is 10.4. The highest BCUT2D eigenvalue weighted by Gasteiger charge is 2.26. The number of amides is 1. The summed E-state index contributed by atoms with van der Waals surface area (Å²) in [7, 11) is 1.65. The van der Waals surface area contributed by atoms with Crippen LogP contribution in [0.2, 0.25) is 0 Å². The number of piperazine rings is 1. The third kappa shape index (κ3) is 4.76. The molecule has 2 aromatic heterocycles. The van der Waals surface area contributed by atoms with Crippen LogP contribution in [0.4, 0.5) is 10.1 Å². The topological polar surface area (TPSA) is 68.9 Å². The van der Waals surface area contributed by atoms with Gasteiger partial charge in [-0.2, -0.15) is 0 Å². The van der Waals surface area contributed by atoms with Crippen LogP contribution in [0.1, 0.15) is 17.4 Å². The van der Waals surface area contributed by atoms with Gasteiger partial charge in [0.25, 0.3) is 0 Å². The van der Waals surface area contributed by atoms with E-state index in [-0.39, 0.29) is 24.9 Å². The zero-order chi connectivity index (χ0) is 25.9. The minimum Gasteiger partial charge on any atom is -0.495 e. The number of halogens is 1. The van der Waals surface area contributed by atoms with Crippen molar-refractivity contribution in [2.24, 2.45) is 0 Å². The number of rotatable bonds is 7. The van der Waals surface area contributed by atoms with Crippen LogP contribution in [-0.4, -0.2) is 65.8 Å². The Hall–Kier alpha value is -4.27. The van der Waals surface area contributed by atoms with Crippen molar-refractivity contribution in [3.63, 3.8) is 0 Å². The molecular weight excluding hydrogens is 475 g/mol. The van der Waals surface area contributed by atoms with Gasteiger partial charge in [0.05, 0.1) is 30.4 Å². The highest BCUT2D eigenvalue weighted by Crippen LogP contribution is 2.29. The molecule has 0 spiro atoms. The van der Waals surface area contributed by atoms with E-state index in [0.717, 1.165) is 28.2 Å². The third-order valence-electron chi connectivity index (χ3n) is 6.70. The molecule has 2 aromatic carbocycles. The maximum atomic E-state index is 13.5. The summed E-state index contributed by atoms with van der Waals surface area (Å²) >= 11 is 0. The van der Waals surface area contributed by atoms with Crippen LogP contribution in [-0.2, 0) is 16.1 Å². The first-order chi connectivity index (χ1) is 18.0. The maximum absolute atomic E-state index is 13.5. The van der Waals surface area contributed by atoms with Crippen LogP contribution >= 0.6 is 0 Å². The van der Waals surface area contributed by atoms with Gasteiger partial charge in [0, 0.05) is 38.1 Å². The summed E-state index contributed by atoms with van der Waals surface area (Å²) in [5.41, 5.74) is 3.54. The molecule has 0 radical (unpaired) electrons. The fourth-order valence-electron chi connectivity index (χ4n) is 4.84. The summed E-state index contributed by atoms with van der Waals surface area (Å²) in [6.07, 6.45) is 1.85. The Balaban J connectivity index is 1.38. The highest BCUT2D eigenvalue weighted by atomic mass is 19.1. The average molecular weight is 505 g/mol. The molecule has 0 atom stereocenters. The van der Waals surface area contributed by atoms with E-state index in [1.165, 1.54) is 12.1 Å². The van der Waals surface area contributed by atoms with Gasteiger partial charge in [-0.05, 0) is 55.5 Å². The molecule has 0 N–H and O–H groups in total. The molecule has 4 aromatic rings. The summed E-state index contributed by atoms with van der Waals surface area (Å²) in [6, 6.07) is 17.6. The normalized spacial score (nSPS) is 13.7. The Kier molecular flexibility index (Phi) is 6.85. The summed E-state index contributed by atoms with van der Waals surface area (Å²) in [5.74, 6) is -0.0782. The van der Waals surface area contributed by atoms with E-state index in [2.05, 4.69) is 4.90 Å². The minimum atomic E-state index is -0.488. The monoisotopic (exact) mass is 504 g/mol. The maximum Gasteiger partial charge on any atom is 0.355 e. The quantitative estimate of drug-likeness (QED) is 0.355. The number of methoxy groups -OCH3 is 1. The van der Waals surface area contributed by atoms with Gasteiger partial charge < -0.3 is 28.4 Å². The number of para-hydroxylation sites is 2. The standard InChI is InChI=1S/C28H29FN4O4/c1-3-37-28(35)25-18-24-22(12-13-32(24)21-10-8-20(29)9-11-21)33(25)19-27(34)31-16-14-30(15-17-31)23-6-4-5-7-26(23)36-2/h4-13,18H,3,14-17,19H2,1-2H3. The predicted molar refractivity (Wildman–Crippen MR) is 139 cm³/mol. The number of carbonyl (C=O) groups excluding carboxylic acids is 2. The molecule has 1 fully saturated rings. The predicted octanol–water partition coefficient (Wildman–Crippen LogP) is 4.11. The second-order valence-corrected chi connectivity index (χ2v) is 8.81. The van der Waals surface area contributed by atoms with Crippen molar-refractivity contribution in [3.8, 4) is 11.4 Å².